The first-order chi connectivity index (χ1) is 9.56. The molecule has 0 saturated carbocycles. The molecule has 20 heavy (non-hydrogen) atoms. The average molecular weight is 277 g/mol. The smallest absolute Gasteiger partial charge is 0.260 e. The number of amides is 1. The summed E-state index contributed by atoms with van der Waals surface area (Å²) in [6.45, 7) is 5.64. The van der Waals surface area contributed by atoms with Crippen LogP contribution in [0.3, 0.4) is 0 Å². The highest BCUT2D eigenvalue weighted by atomic mass is 16.5. The minimum atomic E-state index is 0.0148. The Labute approximate surface area is 120 Å². The lowest BCUT2D eigenvalue weighted by Gasteiger charge is -2.17. The van der Waals surface area contributed by atoms with Gasteiger partial charge in [0, 0.05) is 31.2 Å². The summed E-state index contributed by atoms with van der Waals surface area (Å²) < 4.78 is 5.66. The first kappa shape index (κ1) is 14.8. The number of nitrogens with zero attached hydrogens (tertiary/aromatic N) is 2. The molecule has 5 nitrogen and oxygen atoms in total. The van der Waals surface area contributed by atoms with E-state index in [2.05, 4.69) is 4.98 Å². The van der Waals surface area contributed by atoms with Gasteiger partial charge in [-0.2, -0.15) is 0 Å². The van der Waals surface area contributed by atoms with Crippen molar-refractivity contribution in [2.24, 2.45) is 5.73 Å². The van der Waals surface area contributed by atoms with Crippen LogP contribution in [0.1, 0.15) is 31.2 Å². The topological polar surface area (TPSA) is 68.5 Å². The van der Waals surface area contributed by atoms with E-state index in [0.29, 0.717) is 12.2 Å². The van der Waals surface area contributed by atoms with Gasteiger partial charge in [-0.3, -0.25) is 9.78 Å². The van der Waals surface area contributed by atoms with Crippen LogP contribution in [0.4, 0.5) is 0 Å². The van der Waals surface area contributed by atoms with E-state index in [1.54, 1.807) is 0 Å². The molecule has 1 aromatic heterocycles. The molecule has 0 aliphatic carbocycles. The number of pyridine rings is 1. The third-order valence-corrected chi connectivity index (χ3v) is 3.40. The maximum Gasteiger partial charge on any atom is 0.260 e. The van der Waals surface area contributed by atoms with Crippen LogP contribution >= 0.6 is 0 Å². The maximum absolute atomic E-state index is 12.0. The molecule has 0 aromatic carbocycles. The van der Waals surface area contributed by atoms with Gasteiger partial charge in [-0.05, 0) is 38.8 Å². The van der Waals surface area contributed by atoms with E-state index < -0.39 is 0 Å². The van der Waals surface area contributed by atoms with Crippen molar-refractivity contribution in [2.45, 2.75) is 39.2 Å². The summed E-state index contributed by atoms with van der Waals surface area (Å²) in [5.41, 5.74) is 7.59. The van der Waals surface area contributed by atoms with Gasteiger partial charge in [-0.1, -0.05) is 0 Å². The predicted molar refractivity (Wildman–Crippen MR) is 77.6 cm³/mol. The van der Waals surface area contributed by atoms with E-state index >= 15 is 0 Å². The number of aryl methyl sites for hydroxylation is 1. The van der Waals surface area contributed by atoms with Crippen LogP contribution in [-0.2, 0) is 11.2 Å². The summed E-state index contributed by atoms with van der Waals surface area (Å²) in [7, 11) is 0. The molecule has 0 bridgehead atoms. The lowest BCUT2D eigenvalue weighted by molar-refractivity contribution is -0.132. The summed E-state index contributed by atoms with van der Waals surface area (Å²) in [4.78, 5) is 18.3. The predicted octanol–water partition coefficient (Wildman–Crippen LogP) is 1.28. The van der Waals surface area contributed by atoms with Gasteiger partial charge in [-0.25, -0.2) is 0 Å². The van der Waals surface area contributed by atoms with Crippen molar-refractivity contribution in [1.82, 2.24) is 9.88 Å². The molecule has 1 unspecified atom stereocenters. The van der Waals surface area contributed by atoms with Crippen LogP contribution in [0, 0.1) is 6.92 Å². The molecule has 1 amide bonds. The van der Waals surface area contributed by atoms with Gasteiger partial charge >= 0.3 is 0 Å². The van der Waals surface area contributed by atoms with Gasteiger partial charge < -0.3 is 15.4 Å². The molecule has 1 fully saturated rings. The van der Waals surface area contributed by atoms with E-state index in [9.17, 15) is 4.79 Å². The van der Waals surface area contributed by atoms with E-state index in [1.807, 2.05) is 30.9 Å². The van der Waals surface area contributed by atoms with E-state index in [1.165, 1.54) is 0 Å². The lowest BCUT2D eigenvalue weighted by Crippen LogP contribution is -2.32. The average Bonchev–Trinajstić information content (AvgIpc) is 2.90. The molecule has 0 radical (unpaired) electrons. The second-order valence-electron chi connectivity index (χ2n) is 5.46. The maximum atomic E-state index is 12.0. The SMILES string of the molecule is Cc1ccc(OCC(=O)N2CCCC2)c(CC(C)N)n1. The highest BCUT2D eigenvalue weighted by Gasteiger charge is 2.19. The second-order valence-corrected chi connectivity index (χ2v) is 5.46. The Kier molecular flexibility index (Phi) is 4.95. The molecular formula is C15H23N3O2. The molecule has 1 aliphatic heterocycles. The normalized spacial score (nSPS) is 16.2. The molecule has 5 heteroatoms. The molecule has 1 aliphatic rings. The van der Waals surface area contributed by atoms with Crippen LogP contribution in [0.2, 0.25) is 0 Å². The van der Waals surface area contributed by atoms with Gasteiger partial charge in [0.2, 0.25) is 0 Å². The number of carbonyl (C=O) groups is 1. The number of rotatable bonds is 5. The zero-order chi connectivity index (χ0) is 14.5. The van der Waals surface area contributed by atoms with Gasteiger partial charge in [-0.15, -0.1) is 0 Å². The first-order valence-electron chi connectivity index (χ1n) is 7.19. The highest BCUT2D eigenvalue weighted by molar-refractivity contribution is 5.78. The van der Waals surface area contributed by atoms with Crippen LogP contribution in [0.5, 0.6) is 5.75 Å². The molecule has 2 rings (SSSR count). The fourth-order valence-electron chi connectivity index (χ4n) is 2.38. The largest absolute Gasteiger partial charge is 0.482 e. The van der Waals surface area contributed by atoms with Crippen LogP contribution in [0.15, 0.2) is 12.1 Å². The Morgan fingerprint density at radius 1 is 1.45 bits per heavy atom. The van der Waals surface area contributed by atoms with E-state index in [4.69, 9.17) is 10.5 Å². The van der Waals surface area contributed by atoms with Crippen molar-refractivity contribution in [3.8, 4) is 5.75 Å². The minimum Gasteiger partial charge on any atom is -0.482 e. The standard InChI is InChI=1S/C15H23N3O2/c1-11(16)9-13-14(6-5-12(2)17-13)20-10-15(19)18-7-3-4-8-18/h5-6,11H,3-4,7-10,16H2,1-2H3. The van der Waals surface area contributed by atoms with E-state index in [0.717, 1.165) is 37.3 Å². The fraction of sp³-hybridized carbons (Fsp3) is 0.600. The van der Waals surface area contributed by atoms with Crippen LogP contribution < -0.4 is 10.5 Å². The summed E-state index contributed by atoms with van der Waals surface area (Å²) in [6, 6.07) is 3.78. The number of aromatic nitrogens is 1. The Hall–Kier alpha value is -1.62. The number of carbonyl (C=O) groups excluding carboxylic acids is 1. The zero-order valence-corrected chi connectivity index (χ0v) is 12.3. The molecule has 0 spiro atoms. The van der Waals surface area contributed by atoms with Gasteiger partial charge in [0.1, 0.15) is 5.75 Å². The number of hydrogen-bond donors (Lipinski definition) is 1. The van der Waals surface area contributed by atoms with Gasteiger partial charge in [0.15, 0.2) is 6.61 Å². The van der Waals surface area contributed by atoms with E-state index in [-0.39, 0.29) is 18.6 Å². The molecule has 2 heterocycles. The third kappa shape index (κ3) is 3.93. The van der Waals surface area contributed by atoms with Crippen molar-refractivity contribution >= 4 is 5.91 Å². The number of hydrogen-bond acceptors (Lipinski definition) is 4. The highest BCUT2D eigenvalue weighted by Crippen LogP contribution is 2.19. The summed E-state index contributed by atoms with van der Waals surface area (Å²) in [5, 5.41) is 0. The Bertz CT molecular complexity index is 468. The second kappa shape index (κ2) is 6.70. The Morgan fingerprint density at radius 2 is 2.15 bits per heavy atom. The van der Waals surface area contributed by atoms with Crippen molar-refractivity contribution < 1.29 is 9.53 Å². The summed E-state index contributed by atoms with van der Waals surface area (Å²) in [5.74, 6) is 0.718. The van der Waals surface area contributed by atoms with Crippen molar-refractivity contribution in [3.63, 3.8) is 0 Å². The molecule has 1 saturated heterocycles. The van der Waals surface area contributed by atoms with Crippen LogP contribution in [0.25, 0.3) is 0 Å². The van der Waals surface area contributed by atoms with Gasteiger partial charge in [0.25, 0.3) is 5.91 Å². The molecule has 1 atom stereocenters. The number of ether oxygens (including phenoxy) is 1. The molecular weight excluding hydrogens is 254 g/mol. The molecule has 2 N–H and O–H groups in total. The Balaban J connectivity index is 1.99. The van der Waals surface area contributed by atoms with Crippen molar-refractivity contribution in [2.75, 3.05) is 19.7 Å². The quantitative estimate of drug-likeness (QED) is 0.880. The first-order valence-corrected chi connectivity index (χ1v) is 7.19. The van der Waals surface area contributed by atoms with Crippen molar-refractivity contribution in [1.29, 1.82) is 0 Å². The summed E-state index contributed by atoms with van der Waals surface area (Å²) in [6.07, 6.45) is 2.83. The number of nitrogens with two attached hydrogens (primary N) is 1. The minimum absolute atomic E-state index is 0.0148. The van der Waals surface area contributed by atoms with Crippen LogP contribution in [-0.4, -0.2) is 41.5 Å². The monoisotopic (exact) mass is 277 g/mol. The molecule has 110 valence electrons. The molecule has 1 aromatic rings. The number of likely N-dealkylation sites (tertiary alicyclic amines) is 1. The fourth-order valence-corrected chi connectivity index (χ4v) is 2.38. The third-order valence-electron chi connectivity index (χ3n) is 3.40. The van der Waals surface area contributed by atoms with Gasteiger partial charge in [0.05, 0.1) is 5.69 Å². The summed E-state index contributed by atoms with van der Waals surface area (Å²) >= 11 is 0. The lowest BCUT2D eigenvalue weighted by atomic mass is 10.1. The zero-order valence-electron chi connectivity index (χ0n) is 12.3. The van der Waals surface area contributed by atoms with Crippen molar-refractivity contribution in [3.05, 3.63) is 23.5 Å². The Morgan fingerprint density at radius 3 is 2.80 bits per heavy atom.